The van der Waals surface area contributed by atoms with Gasteiger partial charge in [0.1, 0.15) is 11.8 Å². The minimum Gasteiger partial charge on any atom is -0.497 e. The Morgan fingerprint density at radius 3 is 2.17 bits per heavy atom. The molecule has 0 saturated heterocycles. The number of anilines is 1. The van der Waals surface area contributed by atoms with E-state index in [2.05, 4.69) is 17.5 Å². The van der Waals surface area contributed by atoms with Crippen LogP contribution in [0.1, 0.15) is 30.4 Å². The Hall–Kier alpha value is -3.86. The number of allylic oxidation sites excluding steroid dienone is 2. The zero-order valence-corrected chi connectivity index (χ0v) is 20.1. The van der Waals surface area contributed by atoms with Gasteiger partial charge >= 0.3 is 0 Å². The third-order valence-electron chi connectivity index (χ3n) is 6.43. The van der Waals surface area contributed by atoms with Crippen LogP contribution in [0.25, 0.3) is 0 Å². The fourth-order valence-electron chi connectivity index (χ4n) is 4.60. The van der Waals surface area contributed by atoms with Crippen LogP contribution in [0.4, 0.5) is 5.69 Å². The van der Waals surface area contributed by atoms with E-state index in [0.29, 0.717) is 12.2 Å². The minimum atomic E-state index is -0.585. The van der Waals surface area contributed by atoms with Crippen LogP contribution in [0.2, 0.25) is 0 Å². The average Bonchev–Trinajstić information content (AvgIpc) is 2.90. The first-order chi connectivity index (χ1) is 17.1. The number of amides is 2. The molecule has 1 N–H and O–H groups in total. The summed E-state index contributed by atoms with van der Waals surface area (Å²) in [4.78, 5) is 29.3. The predicted molar refractivity (Wildman–Crippen MR) is 139 cm³/mol. The molecule has 0 aliphatic heterocycles. The zero-order valence-electron chi connectivity index (χ0n) is 20.1. The summed E-state index contributed by atoms with van der Waals surface area (Å²) in [5, 5.41) is 3.06. The Balaban J connectivity index is 1.65. The molecular formula is C30H32N2O3. The third kappa shape index (κ3) is 6.60. The van der Waals surface area contributed by atoms with Gasteiger partial charge in [-0.1, -0.05) is 72.8 Å². The van der Waals surface area contributed by atoms with E-state index in [4.69, 9.17) is 4.74 Å². The monoisotopic (exact) mass is 468 g/mol. The van der Waals surface area contributed by atoms with Gasteiger partial charge in [0, 0.05) is 12.2 Å². The average molecular weight is 469 g/mol. The van der Waals surface area contributed by atoms with Gasteiger partial charge in [0.05, 0.1) is 13.5 Å². The van der Waals surface area contributed by atoms with Gasteiger partial charge < -0.3 is 15.0 Å². The molecule has 5 nitrogen and oxygen atoms in total. The second kappa shape index (κ2) is 12.0. The van der Waals surface area contributed by atoms with Gasteiger partial charge in [-0.05, 0) is 60.6 Å². The predicted octanol–water partition coefficient (Wildman–Crippen LogP) is 5.63. The Morgan fingerprint density at radius 1 is 0.914 bits per heavy atom. The fraction of sp³-hybridized carbons (Fsp3) is 0.267. The second-order valence-electron chi connectivity index (χ2n) is 8.88. The number of carbonyl (C=O) groups is 2. The summed E-state index contributed by atoms with van der Waals surface area (Å²) >= 11 is 0. The van der Waals surface area contributed by atoms with E-state index < -0.39 is 6.04 Å². The van der Waals surface area contributed by atoms with Crippen molar-refractivity contribution >= 4 is 17.5 Å². The summed E-state index contributed by atoms with van der Waals surface area (Å²) in [6.45, 7) is 0.382. The number of ether oxygens (including phenoxy) is 1. The number of methoxy groups -OCH3 is 1. The maximum atomic E-state index is 13.8. The number of carbonyl (C=O) groups excluding carboxylic acids is 2. The molecule has 0 aromatic heterocycles. The van der Waals surface area contributed by atoms with E-state index in [1.54, 1.807) is 12.0 Å². The normalized spacial score (nSPS) is 15.7. The summed E-state index contributed by atoms with van der Waals surface area (Å²) in [5.41, 5.74) is 2.62. The molecule has 0 saturated carbocycles. The lowest BCUT2D eigenvalue weighted by molar-refractivity contribution is -0.141. The van der Waals surface area contributed by atoms with Crippen LogP contribution in [0, 0.1) is 5.92 Å². The van der Waals surface area contributed by atoms with Gasteiger partial charge in [0.15, 0.2) is 0 Å². The molecule has 1 aliphatic rings. The lowest BCUT2D eigenvalue weighted by Gasteiger charge is -2.37. The SMILES string of the molecule is COc1ccc(NC(=O)C(C2CC=CCC2)N(Cc2ccccc2)C(=O)Cc2ccccc2)cc1. The quantitative estimate of drug-likeness (QED) is 0.414. The van der Waals surface area contributed by atoms with Crippen molar-refractivity contribution in [2.24, 2.45) is 5.92 Å². The lowest BCUT2D eigenvalue weighted by Crippen LogP contribution is -2.51. The summed E-state index contributed by atoms with van der Waals surface area (Å²) in [6, 6.07) is 26.3. The Kier molecular flexibility index (Phi) is 8.34. The van der Waals surface area contributed by atoms with Crippen molar-refractivity contribution in [3.63, 3.8) is 0 Å². The van der Waals surface area contributed by atoms with Gasteiger partial charge in [-0.3, -0.25) is 9.59 Å². The molecule has 3 aromatic rings. The van der Waals surface area contributed by atoms with Gasteiger partial charge in [-0.2, -0.15) is 0 Å². The van der Waals surface area contributed by atoms with E-state index in [1.807, 2.05) is 84.9 Å². The molecule has 0 radical (unpaired) electrons. The highest BCUT2D eigenvalue weighted by Gasteiger charge is 2.36. The van der Waals surface area contributed by atoms with Crippen LogP contribution in [0.3, 0.4) is 0 Å². The molecule has 3 aromatic carbocycles. The van der Waals surface area contributed by atoms with Crippen LogP contribution in [0.15, 0.2) is 97.1 Å². The molecule has 35 heavy (non-hydrogen) atoms. The number of rotatable bonds is 9. The van der Waals surface area contributed by atoms with E-state index in [-0.39, 0.29) is 24.2 Å². The van der Waals surface area contributed by atoms with E-state index >= 15 is 0 Å². The van der Waals surface area contributed by atoms with Crippen molar-refractivity contribution in [1.29, 1.82) is 0 Å². The number of nitrogens with one attached hydrogen (secondary N) is 1. The zero-order chi connectivity index (χ0) is 24.5. The van der Waals surface area contributed by atoms with E-state index in [9.17, 15) is 9.59 Å². The molecule has 0 fully saturated rings. The highest BCUT2D eigenvalue weighted by molar-refractivity contribution is 5.97. The Bertz CT molecular complexity index is 1130. The topological polar surface area (TPSA) is 58.6 Å². The van der Waals surface area contributed by atoms with Crippen LogP contribution < -0.4 is 10.1 Å². The standard InChI is InChI=1S/C30H32N2O3/c1-35-27-19-17-26(18-20-27)31-30(34)29(25-15-9-4-10-16-25)32(22-24-13-7-3-8-14-24)28(33)21-23-11-5-2-6-12-23/h2-9,11-14,17-20,25,29H,10,15-16,21-22H2,1H3,(H,31,34). The molecule has 1 aliphatic carbocycles. The molecule has 0 spiro atoms. The van der Waals surface area contributed by atoms with Crippen molar-refractivity contribution in [2.45, 2.75) is 38.3 Å². The first-order valence-corrected chi connectivity index (χ1v) is 12.1. The second-order valence-corrected chi connectivity index (χ2v) is 8.88. The van der Waals surface area contributed by atoms with Crippen LogP contribution >= 0.6 is 0 Å². The van der Waals surface area contributed by atoms with E-state index in [0.717, 1.165) is 36.1 Å². The van der Waals surface area contributed by atoms with Crippen LogP contribution in [-0.2, 0) is 22.6 Å². The Morgan fingerprint density at radius 2 is 1.57 bits per heavy atom. The number of nitrogens with zero attached hydrogens (tertiary/aromatic N) is 1. The number of benzene rings is 3. The molecule has 2 amide bonds. The van der Waals surface area contributed by atoms with Gasteiger partial charge in [0.2, 0.25) is 11.8 Å². The number of hydrogen-bond acceptors (Lipinski definition) is 3. The molecule has 180 valence electrons. The number of hydrogen-bond donors (Lipinski definition) is 1. The minimum absolute atomic E-state index is 0.0432. The van der Waals surface area contributed by atoms with Crippen molar-refractivity contribution in [3.8, 4) is 5.75 Å². The van der Waals surface area contributed by atoms with Gasteiger partial charge in [-0.15, -0.1) is 0 Å². The molecule has 0 heterocycles. The van der Waals surface area contributed by atoms with Crippen molar-refractivity contribution in [1.82, 2.24) is 4.90 Å². The molecule has 2 unspecified atom stereocenters. The summed E-state index contributed by atoms with van der Waals surface area (Å²) in [6.07, 6.45) is 7.07. The summed E-state index contributed by atoms with van der Waals surface area (Å²) in [7, 11) is 1.61. The van der Waals surface area contributed by atoms with Gasteiger partial charge in [0.25, 0.3) is 0 Å². The highest BCUT2D eigenvalue weighted by Crippen LogP contribution is 2.28. The van der Waals surface area contributed by atoms with Crippen molar-refractivity contribution < 1.29 is 14.3 Å². The molecular weight excluding hydrogens is 436 g/mol. The summed E-state index contributed by atoms with van der Waals surface area (Å²) < 4.78 is 5.24. The van der Waals surface area contributed by atoms with Crippen LogP contribution in [-0.4, -0.2) is 29.9 Å². The maximum Gasteiger partial charge on any atom is 0.247 e. The van der Waals surface area contributed by atoms with Crippen LogP contribution in [0.5, 0.6) is 5.75 Å². The summed E-state index contributed by atoms with van der Waals surface area (Å²) in [5.74, 6) is 0.555. The third-order valence-corrected chi connectivity index (χ3v) is 6.43. The van der Waals surface area contributed by atoms with Crippen molar-refractivity contribution in [2.75, 3.05) is 12.4 Å². The molecule has 0 bridgehead atoms. The first-order valence-electron chi connectivity index (χ1n) is 12.1. The van der Waals surface area contributed by atoms with E-state index in [1.165, 1.54) is 0 Å². The Labute approximate surface area is 207 Å². The highest BCUT2D eigenvalue weighted by atomic mass is 16.5. The lowest BCUT2D eigenvalue weighted by atomic mass is 9.85. The molecule has 4 rings (SSSR count). The first kappa shape index (κ1) is 24.3. The smallest absolute Gasteiger partial charge is 0.247 e. The maximum absolute atomic E-state index is 13.8. The largest absolute Gasteiger partial charge is 0.497 e. The molecule has 2 atom stereocenters. The fourth-order valence-corrected chi connectivity index (χ4v) is 4.60. The molecule has 5 heteroatoms. The van der Waals surface area contributed by atoms with Gasteiger partial charge in [-0.25, -0.2) is 0 Å². The van der Waals surface area contributed by atoms with Crippen molar-refractivity contribution in [3.05, 3.63) is 108 Å².